The van der Waals surface area contributed by atoms with Crippen LogP contribution < -0.4 is 0 Å². The van der Waals surface area contributed by atoms with E-state index in [2.05, 4.69) is 0 Å². The highest BCUT2D eigenvalue weighted by molar-refractivity contribution is 6.37. The standard InChI is InChI=1S/C10H8Cl2O3/c1-5(13)8-6(9(14)10(12)15)3-2-4-7(8)11/h2-4,10,15H,1H3. The van der Waals surface area contributed by atoms with Gasteiger partial charge in [-0.3, -0.25) is 9.59 Å². The maximum atomic E-state index is 11.4. The van der Waals surface area contributed by atoms with Gasteiger partial charge in [0.25, 0.3) is 0 Å². The lowest BCUT2D eigenvalue weighted by Crippen LogP contribution is -2.17. The zero-order valence-corrected chi connectivity index (χ0v) is 9.34. The van der Waals surface area contributed by atoms with Gasteiger partial charge in [-0.05, 0) is 13.0 Å². The molecule has 80 valence electrons. The molecule has 15 heavy (non-hydrogen) atoms. The minimum absolute atomic E-state index is 0.0394. The number of halogens is 2. The number of alkyl halides is 1. The smallest absolute Gasteiger partial charge is 0.207 e. The number of hydrogen-bond acceptors (Lipinski definition) is 3. The summed E-state index contributed by atoms with van der Waals surface area (Å²) >= 11 is 11.0. The summed E-state index contributed by atoms with van der Waals surface area (Å²) in [6, 6.07) is 4.41. The van der Waals surface area contributed by atoms with Crippen molar-refractivity contribution in [2.75, 3.05) is 0 Å². The van der Waals surface area contributed by atoms with E-state index in [0.29, 0.717) is 0 Å². The summed E-state index contributed by atoms with van der Waals surface area (Å²) in [5, 5.41) is 9.10. The van der Waals surface area contributed by atoms with Crippen LogP contribution in [0.2, 0.25) is 5.02 Å². The molecule has 0 spiro atoms. The summed E-state index contributed by atoms with van der Waals surface area (Å²) in [7, 11) is 0. The molecule has 1 unspecified atom stereocenters. The van der Waals surface area contributed by atoms with Crippen molar-refractivity contribution in [3.05, 3.63) is 34.3 Å². The van der Waals surface area contributed by atoms with Gasteiger partial charge in [0.1, 0.15) is 0 Å². The molecule has 1 aromatic rings. The molecule has 0 bridgehead atoms. The number of benzene rings is 1. The van der Waals surface area contributed by atoms with Gasteiger partial charge < -0.3 is 5.11 Å². The van der Waals surface area contributed by atoms with Crippen LogP contribution >= 0.6 is 23.2 Å². The lowest BCUT2D eigenvalue weighted by Gasteiger charge is -2.08. The Labute approximate surface area is 96.6 Å². The Morgan fingerprint density at radius 1 is 1.40 bits per heavy atom. The van der Waals surface area contributed by atoms with Crippen LogP contribution in [0.25, 0.3) is 0 Å². The number of ketones is 2. The maximum absolute atomic E-state index is 11.4. The van der Waals surface area contributed by atoms with E-state index in [1.54, 1.807) is 0 Å². The van der Waals surface area contributed by atoms with Gasteiger partial charge in [-0.15, -0.1) is 0 Å². The summed E-state index contributed by atoms with van der Waals surface area (Å²) in [5.74, 6) is -1.08. The minimum atomic E-state index is -1.67. The molecule has 1 N–H and O–H groups in total. The van der Waals surface area contributed by atoms with Gasteiger partial charge in [-0.1, -0.05) is 35.3 Å². The van der Waals surface area contributed by atoms with Crippen molar-refractivity contribution in [3.63, 3.8) is 0 Å². The second-order valence-corrected chi connectivity index (χ2v) is 3.74. The molecule has 0 amide bonds. The lowest BCUT2D eigenvalue weighted by atomic mass is 10.0. The van der Waals surface area contributed by atoms with E-state index in [4.69, 9.17) is 28.3 Å². The first-order valence-corrected chi connectivity index (χ1v) is 4.92. The first-order chi connectivity index (χ1) is 6.95. The monoisotopic (exact) mass is 246 g/mol. The third-order valence-corrected chi connectivity index (χ3v) is 2.36. The number of carbonyl (C=O) groups is 2. The first kappa shape index (κ1) is 12.2. The summed E-state index contributed by atoms with van der Waals surface area (Å²) < 4.78 is 0. The predicted octanol–water partition coefficient (Wildman–Crippen LogP) is 2.28. The Balaban J connectivity index is 3.35. The van der Waals surface area contributed by atoms with E-state index < -0.39 is 11.3 Å². The van der Waals surface area contributed by atoms with Crippen LogP contribution in [0.5, 0.6) is 0 Å². The van der Waals surface area contributed by atoms with E-state index >= 15 is 0 Å². The Bertz CT molecular complexity index is 413. The molecule has 0 aliphatic heterocycles. The quantitative estimate of drug-likeness (QED) is 0.658. The highest BCUT2D eigenvalue weighted by Crippen LogP contribution is 2.22. The van der Waals surface area contributed by atoms with Gasteiger partial charge in [0.2, 0.25) is 5.78 Å². The molecule has 0 radical (unpaired) electrons. The topological polar surface area (TPSA) is 54.4 Å². The number of Topliss-reactive ketones (excluding diaryl/α,β-unsaturated/α-hetero) is 2. The highest BCUT2D eigenvalue weighted by Gasteiger charge is 2.21. The van der Waals surface area contributed by atoms with Crippen LogP contribution in [-0.2, 0) is 0 Å². The lowest BCUT2D eigenvalue weighted by molar-refractivity contribution is 0.0853. The van der Waals surface area contributed by atoms with Crippen LogP contribution in [0.4, 0.5) is 0 Å². The third kappa shape index (κ3) is 2.56. The van der Waals surface area contributed by atoms with Gasteiger partial charge in [-0.25, -0.2) is 0 Å². The normalized spacial score (nSPS) is 12.3. The zero-order chi connectivity index (χ0) is 11.6. The second kappa shape index (κ2) is 4.75. The van der Waals surface area contributed by atoms with Crippen molar-refractivity contribution in [3.8, 4) is 0 Å². The Morgan fingerprint density at radius 3 is 2.47 bits per heavy atom. The van der Waals surface area contributed by atoms with Crippen LogP contribution in [0.3, 0.4) is 0 Å². The Morgan fingerprint density at radius 2 is 2.00 bits per heavy atom. The zero-order valence-electron chi connectivity index (χ0n) is 7.83. The predicted molar refractivity (Wildman–Crippen MR) is 57.6 cm³/mol. The van der Waals surface area contributed by atoms with Gasteiger partial charge in [-0.2, -0.15) is 0 Å². The number of aliphatic hydroxyl groups is 1. The van der Waals surface area contributed by atoms with Crippen molar-refractivity contribution >= 4 is 34.8 Å². The van der Waals surface area contributed by atoms with E-state index in [1.165, 1.54) is 25.1 Å². The Hall–Kier alpha value is -0.900. The molecule has 1 atom stereocenters. The molecule has 1 rings (SSSR count). The average molecular weight is 247 g/mol. The molecule has 1 aromatic carbocycles. The molecule has 0 fully saturated rings. The van der Waals surface area contributed by atoms with Crippen molar-refractivity contribution in [2.45, 2.75) is 12.5 Å². The minimum Gasteiger partial charge on any atom is -0.371 e. The summed E-state index contributed by atoms with van der Waals surface area (Å²) in [6.45, 7) is 1.29. The van der Waals surface area contributed by atoms with Crippen LogP contribution in [0.15, 0.2) is 18.2 Å². The fraction of sp³-hybridized carbons (Fsp3) is 0.200. The molecule has 0 aromatic heterocycles. The van der Waals surface area contributed by atoms with Crippen LogP contribution in [0.1, 0.15) is 27.6 Å². The van der Waals surface area contributed by atoms with E-state index in [1.807, 2.05) is 0 Å². The molecular formula is C10H8Cl2O3. The van der Waals surface area contributed by atoms with Crippen molar-refractivity contribution in [1.82, 2.24) is 0 Å². The summed E-state index contributed by atoms with van der Waals surface area (Å²) in [4.78, 5) is 22.7. The largest absolute Gasteiger partial charge is 0.371 e. The van der Waals surface area contributed by atoms with Crippen molar-refractivity contribution < 1.29 is 14.7 Å². The number of rotatable bonds is 3. The summed E-state index contributed by atoms with van der Waals surface area (Å²) in [6.07, 6.45) is 0. The molecule has 0 heterocycles. The van der Waals surface area contributed by atoms with Gasteiger partial charge >= 0.3 is 0 Å². The molecule has 0 aliphatic rings. The third-order valence-electron chi connectivity index (χ3n) is 1.85. The maximum Gasteiger partial charge on any atom is 0.207 e. The van der Waals surface area contributed by atoms with Crippen LogP contribution in [-0.4, -0.2) is 22.2 Å². The molecule has 5 heteroatoms. The fourth-order valence-corrected chi connectivity index (χ4v) is 1.64. The van der Waals surface area contributed by atoms with Crippen molar-refractivity contribution in [2.24, 2.45) is 0 Å². The van der Waals surface area contributed by atoms with E-state index in [9.17, 15) is 9.59 Å². The molecule has 3 nitrogen and oxygen atoms in total. The van der Waals surface area contributed by atoms with Crippen LogP contribution in [0, 0.1) is 0 Å². The Kier molecular flexibility index (Phi) is 3.85. The van der Waals surface area contributed by atoms with E-state index in [-0.39, 0.29) is 21.9 Å². The number of carbonyl (C=O) groups excluding carboxylic acids is 2. The number of aliphatic hydroxyl groups excluding tert-OH is 1. The molecular weight excluding hydrogens is 239 g/mol. The summed E-state index contributed by atoms with van der Waals surface area (Å²) in [5.41, 5.74) is -1.54. The molecule has 0 saturated carbocycles. The number of hydrogen-bond donors (Lipinski definition) is 1. The van der Waals surface area contributed by atoms with Crippen molar-refractivity contribution in [1.29, 1.82) is 0 Å². The van der Waals surface area contributed by atoms with Gasteiger partial charge in [0.05, 0.1) is 5.02 Å². The van der Waals surface area contributed by atoms with Gasteiger partial charge in [0.15, 0.2) is 11.3 Å². The molecule has 0 aliphatic carbocycles. The first-order valence-electron chi connectivity index (χ1n) is 4.11. The fourth-order valence-electron chi connectivity index (χ4n) is 1.22. The highest BCUT2D eigenvalue weighted by atomic mass is 35.5. The van der Waals surface area contributed by atoms with E-state index in [0.717, 1.165) is 0 Å². The second-order valence-electron chi connectivity index (χ2n) is 2.92. The molecule has 0 saturated heterocycles. The SMILES string of the molecule is CC(=O)c1c(Cl)cccc1C(=O)C(O)Cl. The average Bonchev–Trinajstić information content (AvgIpc) is 2.15. The van der Waals surface area contributed by atoms with Gasteiger partial charge in [0, 0.05) is 11.1 Å².